The third-order valence-corrected chi connectivity index (χ3v) is 5.00. The van der Waals surface area contributed by atoms with Crippen LogP contribution in [-0.2, 0) is 14.3 Å². The van der Waals surface area contributed by atoms with E-state index in [2.05, 4.69) is 10.2 Å². The number of benzene rings is 1. The molecule has 2 heterocycles. The van der Waals surface area contributed by atoms with Crippen LogP contribution in [0, 0.1) is 0 Å². The van der Waals surface area contributed by atoms with E-state index in [-0.39, 0.29) is 11.1 Å². The number of hydrogen-bond acceptors (Lipinski definition) is 5. The fourth-order valence-electron chi connectivity index (χ4n) is 3.35. The van der Waals surface area contributed by atoms with Crippen LogP contribution in [0.1, 0.15) is 25.7 Å². The Labute approximate surface area is 165 Å². The summed E-state index contributed by atoms with van der Waals surface area (Å²) in [6.45, 7) is 4.36. The molecule has 0 radical (unpaired) electrons. The lowest BCUT2D eigenvalue weighted by atomic mass is 10.1. The summed E-state index contributed by atoms with van der Waals surface area (Å²) in [5, 5.41) is 3.05. The van der Waals surface area contributed by atoms with E-state index < -0.39 is 0 Å². The van der Waals surface area contributed by atoms with Crippen molar-refractivity contribution in [2.75, 3.05) is 49.6 Å². The number of rotatable bonds is 8. The van der Waals surface area contributed by atoms with Gasteiger partial charge in [-0.15, -0.1) is 0 Å². The Morgan fingerprint density at radius 2 is 1.85 bits per heavy atom. The molecule has 1 amide bonds. The molecule has 1 aromatic carbocycles. The third-order valence-electron chi connectivity index (χ3n) is 4.81. The van der Waals surface area contributed by atoms with E-state index in [1.807, 2.05) is 35.2 Å². The molecule has 1 N–H and O–H groups in total. The molecule has 0 atom stereocenters. The van der Waals surface area contributed by atoms with Crippen molar-refractivity contribution in [1.29, 1.82) is 0 Å². The van der Waals surface area contributed by atoms with Crippen LogP contribution >= 0.6 is 11.6 Å². The Kier molecular flexibility index (Phi) is 7.12. The van der Waals surface area contributed by atoms with E-state index in [1.54, 1.807) is 0 Å². The third kappa shape index (κ3) is 5.47. The van der Waals surface area contributed by atoms with Gasteiger partial charge in [-0.3, -0.25) is 9.59 Å². The molecule has 0 aliphatic carbocycles. The summed E-state index contributed by atoms with van der Waals surface area (Å²) in [6.07, 6.45) is 4.99. The average Bonchev–Trinajstić information content (AvgIpc) is 2.69. The molecular weight excluding hydrogens is 366 g/mol. The SMILES string of the molecule is O=C(Cl)CCCCNc1ccc(N2CCC=C(N3CCOCC3)C2=O)cc1. The molecule has 27 heavy (non-hydrogen) atoms. The Hall–Kier alpha value is -2.05. The van der Waals surface area contributed by atoms with E-state index in [1.165, 1.54) is 0 Å². The second kappa shape index (κ2) is 9.76. The summed E-state index contributed by atoms with van der Waals surface area (Å²) in [6, 6.07) is 7.93. The number of anilines is 2. The molecule has 2 aliphatic heterocycles. The zero-order chi connectivity index (χ0) is 19.1. The number of nitrogens with zero attached hydrogens (tertiary/aromatic N) is 2. The first-order valence-corrected chi connectivity index (χ1v) is 9.90. The van der Waals surface area contributed by atoms with Crippen LogP contribution < -0.4 is 10.2 Å². The molecule has 6 nitrogen and oxygen atoms in total. The van der Waals surface area contributed by atoms with Crippen LogP contribution in [0.25, 0.3) is 0 Å². The summed E-state index contributed by atoms with van der Waals surface area (Å²) >= 11 is 5.33. The second-order valence-electron chi connectivity index (χ2n) is 6.72. The fraction of sp³-hybridized carbons (Fsp3) is 0.500. The Bertz CT molecular complexity index is 684. The van der Waals surface area contributed by atoms with Crippen molar-refractivity contribution in [3.05, 3.63) is 36.0 Å². The highest BCUT2D eigenvalue weighted by atomic mass is 35.5. The van der Waals surface area contributed by atoms with Crippen molar-refractivity contribution in [2.24, 2.45) is 0 Å². The Balaban J connectivity index is 1.54. The van der Waals surface area contributed by atoms with Crippen LogP contribution in [0.4, 0.5) is 11.4 Å². The first kappa shape index (κ1) is 19.7. The standard InChI is InChI=1S/C20H26ClN3O3/c21-19(25)5-1-2-10-22-16-6-8-17(9-7-16)24-11-3-4-18(20(24)26)23-12-14-27-15-13-23/h4,6-9,22H,1-3,5,10-15H2. The maximum atomic E-state index is 12.9. The number of halogens is 1. The Morgan fingerprint density at radius 3 is 2.56 bits per heavy atom. The molecule has 3 rings (SSSR count). The number of ether oxygens (including phenoxy) is 1. The molecule has 1 saturated heterocycles. The van der Waals surface area contributed by atoms with Gasteiger partial charge in [0.1, 0.15) is 0 Å². The van der Waals surface area contributed by atoms with Crippen molar-refractivity contribution < 1.29 is 14.3 Å². The quantitative estimate of drug-likeness (QED) is 0.545. The van der Waals surface area contributed by atoms with Gasteiger partial charge in [-0.1, -0.05) is 6.08 Å². The van der Waals surface area contributed by atoms with E-state index in [4.69, 9.17) is 16.3 Å². The normalized spacial score (nSPS) is 17.7. The predicted molar refractivity (Wildman–Crippen MR) is 107 cm³/mol. The minimum Gasteiger partial charge on any atom is -0.385 e. The average molecular weight is 392 g/mol. The lowest BCUT2D eigenvalue weighted by molar-refractivity contribution is -0.117. The molecule has 0 spiro atoms. The molecule has 0 aromatic heterocycles. The summed E-state index contributed by atoms with van der Waals surface area (Å²) < 4.78 is 5.39. The smallest absolute Gasteiger partial charge is 0.274 e. The molecule has 2 aliphatic rings. The van der Waals surface area contributed by atoms with E-state index >= 15 is 0 Å². The highest BCUT2D eigenvalue weighted by Crippen LogP contribution is 2.25. The number of carbonyl (C=O) groups is 2. The van der Waals surface area contributed by atoms with Crippen molar-refractivity contribution in [2.45, 2.75) is 25.7 Å². The maximum Gasteiger partial charge on any atom is 0.274 e. The van der Waals surface area contributed by atoms with Gasteiger partial charge in [0.25, 0.3) is 5.91 Å². The van der Waals surface area contributed by atoms with Gasteiger partial charge in [-0.2, -0.15) is 0 Å². The number of hydrogen-bond donors (Lipinski definition) is 1. The van der Waals surface area contributed by atoms with Gasteiger partial charge >= 0.3 is 0 Å². The van der Waals surface area contributed by atoms with Crippen LogP contribution in [0.2, 0.25) is 0 Å². The number of morpholine rings is 1. The van der Waals surface area contributed by atoms with Crippen molar-refractivity contribution >= 4 is 34.1 Å². The number of carbonyl (C=O) groups excluding carboxylic acids is 2. The lowest BCUT2D eigenvalue weighted by Gasteiger charge is -2.35. The highest BCUT2D eigenvalue weighted by Gasteiger charge is 2.28. The minimum atomic E-state index is -0.281. The van der Waals surface area contributed by atoms with Gasteiger partial charge in [0.2, 0.25) is 5.24 Å². The highest BCUT2D eigenvalue weighted by molar-refractivity contribution is 6.63. The molecule has 146 valence electrons. The van der Waals surface area contributed by atoms with Crippen molar-refractivity contribution in [1.82, 2.24) is 4.90 Å². The van der Waals surface area contributed by atoms with Gasteiger partial charge in [-0.05, 0) is 55.1 Å². The van der Waals surface area contributed by atoms with E-state index in [0.717, 1.165) is 56.0 Å². The topological polar surface area (TPSA) is 61.9 Å². The first-order chi connectivity index (χ1) is 13.1. The van der Waals surface area contributed by atoms with Gasteiger partial charge < -0.3 is 19.9 Å². The molecule has 7 heteroatoms. The minimum absolute atomic E-state index is 0.0644. The summed E-state index contributed by atoms with van der Waals surface area (Å²) in [5.74, 6) is 0.0644. The molecule has 0 unspecified atom stereocenters. The summed E-state index contributed by atoms with van der Waals surface area (Å²) in [7, 11) is 0. The van der Waals surface area contributed by atoms with Gasteiger partial charge in [0, 0.05) is 44.0 Å². The zero-order valence-corrected chi connectivity index (χ0v) is 16.2. The van der Waals surface area contributed by atoms with Crippen LogP contribution in [0.15, 0.2) is 36.0 Å². The van der Waals surface area contributed by atoms with Crippen LogP contribution in [0.3, 0.4) is 0 Å². The van der Waals surface area contributed by atoms with Crippen LogP contribution in [-0.4, -0.2) is 55.4 Å². The Morgan fingerprint density at radius 1 is 1.11 bits per heavy atom. The maximum absolute atomic E-state index is 12.9. The molecule has 0 saturated carbocycles. The summed E-state index contributed by atoms with van der Waals surface area (Å²) in [4.78, 5) is 27.6. The fourth-order valence-corrected chi connectivity index (χ4v) is 3.49. The van der Waals surface area contributed by atoms with Gasteiger partial charge in [0.15, 0.2) is 0 Å². The number of nitrogens with one attached hydrogen (secondary N) is 1. The van der Waals surface area contributed by atoms with E-state index in [9.17, 15) is 9.59 Å². The van der Waals surface area contributed by atoms with Crippen LogP contribution in [0.5, 0.6) is 0 Å². The molecule has 1 fully saturated rings. The first-order valence-electron chi connectivity index (χ1n) is 9.52. The van der Waals surface area contributed by atoms with Crippen molar-refractivity contribution in [3.8, 4) is 0 Å². The number of unbranched alkanes of at least 4 members (excludes halogenated alkanes) is 1. The molecular formula is C20H26ClN3O3. The summed E-state index contributed by atoms with van der Waals surface area (Å²) in [5.41, 5.74) is 2.71. The predicted octanol–water partition coefficient (Wildman–Crippen LogP) is 2.99. The van der Waals surface area contributed by atoms with Gasteiger partial charge in [-0.25, -0.2) is 0 Å². The second-order valence-corrected chi connectivity index (χ2v) is 7.14. The largest absolute Gasteiger partial charge is 0.385 e. The van der Waals surface area contributed by atoms with Gasteiger partial charge in [0.05, 0.1) is 18.9 Å². The van der Waals surface area contributed by atoms with E-state index in [0.29, 0.717) is 26.2 Å². The monoisotopic (exact) mass is 391 g/mol. The zero-order valence-electron chi connectivity index (χ0n) is 15.5. The number of amides is 1. The molecule has 0 bridgehead atoms. The lowest BCUT2D eigenvalue weighted by Crippen LogP contribution is -2.45. The van der Waals surface area contributed by atoms with Crippen molar-refractivity contribution in [3.63, 3.8) is 0 Å². The molecule has 1 aromatic rings.